The van der Waals surface area contributed by atoms with E-state index in [1.54, 1.807) is 28.8 Å². The number of halogens is 1. The van der Waals surface area contributed by atoms with E-state index in [0.717, 1.165) is 21.4 Å². The second-order valence-corrected chi connectivity index (χ2v) is 6.77. The van der Waals surface area contributed by atoms with E-state index in [2.05, 4.69) is 37.4 Å². The summed E-state index contributed by atoms with van der Waals surface area (Å²) in [5, 5.41) is 17.0. The molecule has 0 atom stereocenters. The maximum absolute atomic E-state index is 11.3. The van der Waals surface area contributed by atoms with Gasteiger partial charge in [0, 0.05) is 21.3 Å². The van der Waals surface area contributed by atoms with Crippen molar-refractivity contribution in [2.45, 2.75) is 0 Å². The number of aromatic amines is 1. The predicted octanol–water partition coefficient (Wildman–Crippen LogP) is 3.81. The van der Waals surface area contributed by atoms with Crippen LogP contribution in [0.15, 0.2) is 59.2 Å². The van der Waals surface area contributed by atoms with Gasteiger partial charge in [0.15, 0.2) is 11.5 Å². The van der Waals surface area contributed by atoms with Crippen LogP contribution in [0.4, 0.5) is 11.5 Å². The largest absolute Gasteiger partial charge is 0.366 e. The van der Waals surface area contributed by atoms with Crippen LogP contribution < -0.4 is 11.1 Å². The van der Waals surface area contributed by atoms with Crippen molar-refractivity contribution in [2.24, 2.45) is 5.73 Å². The van der Waals surface area contributed by atoms with Crippen LogP contribution in [0.5, 0.6) is 0 Å². The summed E-state index contributed by atoms with van der Waals surface area (Å²) in [5.74, 6) is 0.198. The number of rotatable bonds is 4. The monoisotopic (exact) mass is 420 g/mol. The molecule has 2 heterocycles. The number of nitriles is 1. The third-order valence-corrected chi connectivity index (χ3v) is 4.68. The Bertz CT molecular complexity index is 1180. The molecule has 4 N–H and O–H groups in total. The highest BCUT2D eigenvalue weighted by Crippen LogP contribution is 2.32. The van der Waals surface area contributed by atoms with Gasteiger partial charge in [-0.25, -0.2) is 0 Å². The molecular formula is C19H13BrN6O. The number of nitrogens with one attached hydrogen (secondary N) is 2. The molecule has 0 spiro atoms. The Hall–Kier alpha value is -3.57. The molecule has 0 unspecified atom stereocenters. The number of H-pyrrole nitrogens is 1. The number of imidazole rings is 1. The highest BCUT2D eigenvalue weighted by atomic mass is 79.9. The second-order valence-electron chi connectivity index (χ2n) is 5.85. The molecule has 0 aliphatic carbocycles. The lowest BCUT2D eigenvalue weighted by atomic mass is 10.1. The lowest BCUT2D eigenvalue weighted by Crippen LogP contribution is -2.10. The Kier molecular flexibility index (Phi) is 4.14. The van der Waals surface area contributed by atoms with E-state index in [9.17, 15) is 10.1 Å². The van der Waals surface area contributed by atoms with Gasteiger partial charge in [-0.15, -0.1) is 0 Å². The molecule has 4 rings (SSSR count). The Morgan fingerprint density at radius 2 is 1.89 bits per heavy atom. The maximum Gasteiger partial charge on any atom is 0.248 e. The van der Waals surface area contributed by atoms with Gasteiger partial charge in [0.25, 0.3) is 0 Å². The number of anilines is 2. The summed E-state index contributed by atoms with van der Waals surface area (Å²) in [7, 11) is 0. The Labute approximate surface area is 162 Å². The number of hydrogen-bond acceptors (Lipinski definition) is 4. The zero-order valence-electron chi connectivity index (χ0n) is 13.9. The average Bonchev–Trinajstić information content (AvgIpc) is 3.23. The molecule has 2 aromatic heterocycles. The summed E-state index contributed by atoms with van der Waals surface area (Å²) < 4.78 is 2.62. The zero-order chi connectivity index (χ0) is 19.0. The number of aromatic nitrogens is 3. The van der Waals surface area contributed by atoms with Crippen LogP contribution in [0.2, 0.25) is 0 Å². The van der Waals surface area contributed by atoms with E-state index in [1.807, 2.05) is 24.3 Å². The highest BCUT2D eigenvalue weighted by Gasteiger charge is 2.18. The van der Waals surface area contributed by atoms with Gasteiger partial charge in [0.2, 0.25) is 5.91 Å². The highest BCUT2D eigenvalue weighted by molar-refractivity contribution is 9.10. The van der Waals surface area contributed by atoms with Gasteiger partial charge in [0.05, 0.1) is 11.9 Å². The van der Waals surface area contributed by atoms with Crippen LogP contribution in [0.25, 0.3) is 16.9 Å². The average molecular weight is 421 g/mol. The lowest BCUT2D eigenvalue weighted by Gasteiger charge is -2.08. The van der Waals surface area contributed by atoms with Crippen molar-refractivity contribution >= 4 is 39.0 Å². The molecule has 0 saturated heterocycles. The molecule has 0 saturated carbocycles. The minimum atomic E-state index is -0.484. The van der Waals surface area contributed by atoms with E-state index < -0.39 is 5.91 Å². The van der Waals surface area contributed by atoms with Crippen LogP contribution in [0, 0.1) is 11.3 Å². The number of benzene rings is 2. The summed E-state index contributed by atoms with van der Waals surface area (Å²) in [6.07, 6.45) is 1.51. The maximum atomic E-state index is 11.3. The molecular weight excluding hydrogens is 408 g/mol. The van der Waals surface area contributed by atoms with Gasteiger partial charge >= 0.3 is 0 Å². The van der Waals surface area contributed by atoms with Crippen LogP contribution in [-0.4, -0.2) is 20.5 Å². The number of nitrogens with two attached hydrogens (primary N) is 1. The van der Waals surface area contributed by atoms with Crippen molar-refractivity contribution in [3.8, 4) is 17.3 Å². The van der Waals surface area contributed by atoms with Crippen molar-refractivity contribution in [1.82, 2.24) is 14.6 Å². The fraction of sp³-hybridized carbons (Fsp3) is 0. The van der Waals surface area contributed by atoms with Gasteiger partial charge in [0.1, 0.15) is 11.6 Å². The molecule has 0 bridgehead atoms. The van der Waals surface area contributed by atoms with Crippen LogP contribution >= 0.6 is 15.9 Å². The topological polar surface area (TPSA) is 112 Å². The van der Waals surface area contributed by atoms with Gasteiger partial charge in [-0.2, -0.15) is 14.9 Å². The zero-order valence-corrected chi connectivity index (χ0v) is 15.5. The number of hydrogen-bond donors (Lipinski definition) is 3. The first-order valence-electron chi connectivity index (χ1n) is 7.99. The van der Waals surface area contributed by atoms with Gasteiger partial charge in [-0.05, 0) is 36.4 Å². The molecule has 0 fully saturated rings. The quantitative estimate of drug-likeness (QED) is 0.465. The lowest BCUT2D eigenvalue weighted by molar-refractivity contribution is 0.100. The number of nitrogens with zero attached hydrogens (tertiary/aromatic N) is 3. The first kappa shape index (κ1) is 16.9. The van der Waals surface area contributed by atoms with Crippen molar-refractivity contribution in [3.63, 3.8) is 0 Å². The molecule has 4 aromatic rings. The SMILES string of the molecule is N#Cc1cnn2c(Nc3ccc(Br)cc3)c(-c3ccc(C(N)=O)cc3)[nH]c12. The molecule has 8 heteroatoms. The van der Waals surface area contributed by atoms with Crippen molar-refractivity contribution in [1.29, 1.82) is 5.26 Å². The molecule has 0 aliphatic heterocycles. The standard InChI is InChI=1S/C19H13BrN6O/c20-14-5-7-15(8-6-14)24-19-16(11-1-3-12(4-2-11)17(22)27)25-18-13(9-21)10-23-26(18)19/h1-8,10,24-25H,(H2,22,27). The number of carbonyl (C=O) groups is 1. The van der Waals surface area contributed by atoms with Crippen LogP contribution in [0.1, 0.15) is 15.9 Å². The molecule has 132 valence electrons. The Balaban J connectivity index is 1.85. The number of primary amides is 1. The van der Waals surface area contributed by atoms with E-state index in [1.165, 1.54) is 6.20 Å². The summed E-state index contributed by atoms with van der Waals surface area (Å²) >= 11 is 3.42. The van der Waals surface area contributed by atoms with Crippen molar-refractivity contribution < 1.29 is 4.79 Å². The second kappa shape index (κ2) is 6.63. The van der Waals surface area contributed by atoms with Gasteiger partial charge in [-0.3, -0.25) is 4.79 Å². The summed E-state index contributed by atoms with van der Waals surface area (Å²) in [4.78, 5) is 14.6. The Morgan fingerprint density at radius 3 is 2.52 bits per heavy atom. The first-order valence-corrected chi connectivity index (χ1v) is 8.79. The predicted molar refractivity (Wildman–Crippen MR) is 106 cm³/mol. The molecule has 0 radical (unpaired) electrons. The third kappa shape index (κ3) is 3.05. The minimum Gasteiger partial charge on any atom is -0.366 e. The Morgan fingerprint density at radius 1 is 1.19 bits per heavy atom. The molecule has 27 heavy (non-hydrogen) atoms. The summed E-state index contributed by atoms with van der Waals surface area (Å²) in [6.45, 7) is 0. The molecule has 0 aliphatic rings. The fourth-order valence-corrected chi connectivity index (χ4v) is 3.06. The number of amides is 1. The number of carbonyl (C=O) groups excluding carboxylic acids is 1. The molecule has 2 aromatic carbocycles. The molecule has 7 nitrogen and oxygen atoms in total. The van der Waals surface area contributed by atoms with Crippen LogP contribution in [-0.2, 0) is 0 Å². The molecule has 1 amide bonds. The van der Waals surface area contributed by atoms with E-state index in [-0.39, 0.29) is 0 Å². The summed E-state index contributed by atoms with van der Waals surface area (Å²) in [5.41, 5.74) is 9.21. The smallest absolute Gasteiger partial charge is 0.248 e. The van der Waals surface area contributed by atoms with Crippen molar-refractivity contribution in [3.05, 3.63) is 70.3 Å². The number of fused-ring (bicyclic) bond motifs is 1. The third-order valence-electron chi connectivity index (χ3n) is 4.15. The summed E-state index contributed by atoms with van der Waals surface area (Å²) in [6, 6.07) is 16.8. The van der Waals surface area contributed by atoms with Gasteiger partial charge in [-0.1, -0.05) is 28.1 Å². The van der Waals surface area contributed by atoms with E-state index in [0.29, 0.717) is 22.6 Å². The van der Waals surface area contributed by atoms with E-state index in [4.69, 9.17) is 5.73 Å². The van der Waals surface area contributed by atoms with Crippen molar-refractivity contribution in [2.75, 3.05) is 5.32 Å². The van der Waals surface area contributed by atoms with E-state index >= 15 is 0 Å². The van der Waals surface area contributed by atoms with Gasteiger partial charge < -0.3 is 16.0 Å². The normalized spacial score (nSPS) is 10.7. The minimum absolute atomic E-state index is 0.426. The van der Waals surface area contributed by atoms with Crippen LogP contribution in [0.3, 0.4) is 0 Å². The first-order chi connectivity index (χ1) is 13.1. The fourth-order valence-electron chi connectivity index (χ4n) is 2.80.